The molecule has 1 aromatic carbocycles. The van der Waals surface area contributed by atoms with Gasteiger partial charge in [0.1, 0.15) is 0 Å². The van der Waals surface area contributed by atoms with Crippen LogP contribution < -0.4 is 0 Å². The van der Waals surface area contributed by atoms with E-state index in [-0.39, 0.29) is 9.49 Å². The predicted molar refractivity (Wildman–Crippen MR) is 58.6 cm³/mol. The number of aryl methyl sites for hydroxylation is 1. The van der Waals surface area contributed by atoms with Crippen molar-refractivity contribution in [2.24, 2.45) is 0 Å². The Morgan fingerprint density at radius 1 is 1.29 bits per heavy atom. The van der Waals surface area contributed by atoms with Gasteiger partial charge in [0.15, 0.2) is 0 Å². The van der Waals surface area contributed by atoms with Crippen molar-refractivity contribution >= 4 is 22.6 Å². The van der Waals surface area contributed by atoms with Gasteiger partial charge in [0.2, 0.25) is 0 Å². The molecule has 0 aliphatic rings. The van der Waals surface area contributed by atoms with Crippen LogP contribution in [0.2, 0.25) is 0 Å². The van der Waals surface area contributed by atoms with Crippen LogP contribution in [0, 0.1) is 6.92 Å². The first kappa shape index (κ1) is 11.8. The van der Waals surface area contributed by atoms with Crippen LogP contribution in [-0.2, 0) is 6.18 Å². The summed E-state index contributed by atoms with van der Waals surface area (Å²) in [4.78, 5) is 0. The molecule has 0 nitrogen and oxygen atoms in total. The topological polar surface area (TPSA) is 0 Å². The van der Waals surface area contributed by atoms with Crippen molar-refractivity contribution in [2.45, 2.75) is 23.9 Å². The minimum atomic E-state index is -4.24. The van der Waals surface area contributed by atoms with Gasteiger partial charge in [0.05, 0.1) is 5.56 Å². The zero-order valence-corrected chi connectivity index (χ0v) is 9.98. The Balaban J connectivity index is 3.22. The van der Waals surface area contributed by atoms with Gasteiger partial charge in [-0.3, -0.25) is 0 Å². The third kappa shape index (κ3) is 2.62. The highest BCUT2D eigenvalue weighted by atomic mass is 127. The molecule has 0 saturated carbocycles. The van der Waals surface area contributed by atoms with Gasteiger partial charge in [-0.15, -0.1) is 0 Å². The molecule has 14 heavy (non-hydrogen) atoms. The van der Waals surface area contributed by atoms with E-state index in [0.29, 0.717) is 5.56 Å². The molecule has 0 amide bonds. The van der Waals surface area contributed by atoms with Crippen LogP contribution in [0.4, 0.5) is 13.2 Å². The van der Waals surface area contributed by atoms with E-state index in [1.165, 1.54) is 19.1 Å². The van der Waals surface area contributed by atoms with Crippen LogP contribution in [0.15, 0.2) is 18.2 Å². The van der Waals surface area contributed by atoms with Crippen LogP contribution in [0.3, 0.4) is 0 Å². The standard InChI is InChI=1S/C10H10F3I/c1-6-3-4-8(7(2)14)5-9(6)10(11,12)13/h3-5,7H,1-2H3. The van der Waals surface area contributed by atoms with E-state index in [9.17, 15) is 13.2 Å². The molecule has 0 bridgehead atoms. The van der Waals surface area contributed by atoms with E-state index in [0.717, 1.165) is 0 Å². The van der Waals surface area contributed by atoms with Crippen molar-refractivity contribution in [1.29, 1.82) is 0 Å². The average Bonchev–Trinajstić information content (AvgIpc) is 2.02. The van der Waals surface area contributed by atoms with Gasteiger partial charge in [-0.1, -0.05) is 34.7 Å². The molecular formula is C10H10F3I. The molecule has 4 heteroatoms. The molecule has 0 fully saturated rings. The number of hydrogen-bond donors (Lipinski definition) is 0. The first-order valence-corrected chi connectivity index (χ1v) is 5.38. The molecule has 1 rings (SSSR count). The lowest BCUT2D eigenvalue weighted by atomic mass is 10.0. The van der Waals surface area contributed by atoms with Crippen molar-refractivity contribution in [1.82, 2.24) is 0 Å². The van der Waals surface area contributed by atoms with Gasteiger partial charge in [0, 0.05) is 3.92 Å². The molecule has 0 aromatic heterocycles. The molecule has 1 aromatic rings. The van der Waals surface area contributed by atoms with E-state index >= 15 is 0 Å². The molecule has 0 heterocycles. The van der Waals surface area contributed by atoms with Crippen molar-refractivity contribution in [3.05, 3.63) is 34.9 Å². The number of alkyl halides is 4. The Morgan fingerprint density at radius 2 is 1.86 bits per heavy atom. The highest BCUT2D eigenvalue weighted by molar-refractivity contribution is 14.1. The fourth-order valence-electron chi connectivity index (χ4n) is 1.19. The van der Waals surface area contributed by atoms with Gasteiger partial charge >= 0.3 is 6.18 Å². The zero-order valence-electron chi connectivity index (χ0n) is 7.82. The van der Waals surface area contributed by atoms with Gasteiger partial charge < -0.3 is 0 Å². The van der Waals surface area contributed by atoms with Crippen molar-refractivity contribution < 1.29 is 13.2 Å². The Kier molecular flexibility index (Phi) is 3.44. The smallest absolute Gasteiger partial charge is 0.166 e. The second-order valence-corrected chi connectivity index (χ2v) is 5.06. The maximum absolute atomic E-state index is 12.5. The third-order valence-corrected chi connectivity index (χ3v) is 2.75. The highest BCUT2D eigenvalue weighted by Gasteiger charge is 2.32. The summed E-state index contributed by atoms with van der Waals surface area (Å²) in [6.45, 7) is 3.34. The van der Waals surface area contributed by atoms with Crippen LogP contribution in [0.25, 0.3) is 0 Å². The van der Waals surface area contributed by atoms with Crippen LogP contribution in [0.5, 0.6) is 0 Å². The summed E-state index contributed by atoms with van der Waals surface area (Å²) >= 11 is 2.10. The summed E-state index contributed by atoms with van der Waals surface area (Å²) in [5.74, 6) is 0. The molecule has 0 aliphatic carbocycles. The summed E-state index contributed by atoms with van der Waals surface area (Å²) in [5.41, 5.74) is 0.459. The zero-order chi connectivity index (χ0) is 10.9. The summed E-state index contributed by atoms with van der Waals surface area (Å²) < 4.78 is 37.6. The lowest BCUT2D eigenvalue weighted by molar-refractivity contribution is -0.138. The van der Waals surface area contributed by atoms with Gasteiger partial charge in [-0.05, 0) is 31.0 Å². The SMILES string of the molecule is Cc1ccc(C(C)I)cc1C(F)(F)F. The second-order valence-electron chi connectivity index (χ2n) is 3.19. The molecule has 0 aliphatic heterocycles. The van der Waals surface area contributed by atoms with Crippen LogP contribution >= 0.6 is 22.6 Å². The fourth-order valence-corrected chi connectivity index (χ4v) is 1.58. The van der Waals surface area contributed by atoms with Crippen molar-refractivity contribution in [2.75, 3.05) is 0 Å². The average molecular weight is 314 g/mol. The normalized spacial score (nSPS) is 14.1. The predicted octanol–water partition coefficient (Wildman–Crippen LogP) is 4.51. The molecule has 1 atom stereocenters. The van der Waals surface area contributed by atoms with E-state index in [4.69, 9.17) is 0 Å². The first-order chi connectivity index (χ1) is 6.32. The van der Waals surface area contributed by atoms with Crippen LogP contribution in [-0.4, -0.2) is 0 Å². The quantitative estimate of drug-likeness (QED) is 0.528. The van der Waals surface area contributed by atoms with Gasteiger partial charge in [-0.25, -0.2) is 0 Å². The third-order valence-electron chi connectivity index (χ3n) is 2.03. The summed E-state index contributed by atoms with van der Waals surface area (Å²) in [7, 11) is 0. The first-order valence-electron chi connectivity index (χ1n) is 4.14. The van der Waals surface area contributed by atoms with Crippen LogP contribution in [0.1, 0.15) is 27.5 Å². The Labute approximate surface area is 94.6 Å². The Bertz CT molecular complexity index is 329. The summed E-state index contributed by atoms with van der Waals surface area (Å²) in [5, 5.41) is 0. The minimum Gasteiger partial charge on any atom is -0.166 e. The molecule has 0 radical (unpaired) electrons. The second kappa shape index (κ2) is 4.08. The van der Waals surface area contributed by atoms with Crippen molar-refractivity contribution in [3.63, 3.8) is 0 Å². The van der Waals surface area contributed by atoms with Gasteiger partial charge in [0.25, 0.3) is 0 Å². The Hall–Kier alpha value is -0.260. The number of halogens is 4. The van der Waals surface area contributed by atoms with E-state index in [2.05, 4.69) is 22.6 Å². The number of benzene rings is 1. The summed E-state index contributed by atoms with van der Waals surface area (Å²) in [6, 6.07) is 4.49. The maximum atomic E-state index is 12.5. The van der Waals surface area contributed by atoms with E-state index in [1.54, 1.807) is 6.07 Å². The van der Waals surface area contributed by atoms with E-state index in [1.807, 2.05) is 6.92 Å². The maximum Gasteiger partial charge on any atom is 0.416 e. The van der Waals surface area contributed by atoms with Crippen molar-refractivity contribution in [3.8, 4) is 0 Å². The highest BCUT2D eigenvalue weighted by Crippen LogP contribution is 2.34. The lowest BCUT2D eigenvalue weighted by Crippen LogP contribution is -2.08. The fraction of sp³-hybridized carbons (Fsp3) is 0.400. The number of hydrogen-bond acceptors (Lipinski definition) is 0. The van der Waals surface area contributed by atoms with Gasteiger partial charge in [-0.2, -0.15) is 13.2 Å². The minimum absolute atomic E-state index is 0.0919. The monoisotopic (exact) mass is 314 g/mol. The molecular weight excluding hydrogens is 304 g/mol. The number of rotatable bonds is 1. The Morgan fingerprint density at radius 3 is 2.29 bits per heavy atom. The molecule has 0 saturated heterocycles. The largest absolute Gasteiger partial charge is 0.416 e. The summed E-state index contributed by atoms with van der Waals surface area (Å²) in [6.07, 6.45) is -4.24. The molecule has 0 N–H and O–H groups in total. The molecule has 78 valence electrons. The molecule has 0 spiro atoms. The lowest BCUT2D eigenvalue weighted by Gasteiger charge is -2.12. The molecule has 1 unspecified atom stereocenters. The van der Waals surface area contributed by atoms with E-state index < -0.39 is 11.7 Å².